The van der Waals surface area contributed by atoms with Gasteiger partial charge in [0.1, 0.15) is 0 Å². The van der Waals surface area contributed by atoms with Gasteiger partial charge in [0.05, 0.1) is 11.4 Å². The Morgan fingerprint density at radius 1 is 1.17 bits per heavy atom. The number of hydrogen-bond acceptors (Lipinski definition) is 2. The monoisotopic (exact) mass is 307 g/mol. The van der Waals surface area contributed by atoms with E-state index in [0.29, 0.717) is 5.56 Å². The van der Waals surface area contributed by atoms with Crippen LogP contribution in [-0.4, -0.2) is 14.8 Å². The molecule has 0 spiro atoms. The molecule has 0 saturated carbocycles. The standard InChI is InChI=1S/C19H21N3O/c1-3-4-6-15-8-10-17(11-9-15)22-19(23)14(2)18(21-22)16-7-5-12-20-13-16/h5,7-13,21H,3-4,6H2,1-2H3. The van der Waals surface area contributed by atoms with Gasteiger partial charge < -0.3 is 0 Å². The minimum atomic E-state index is -0.0230. The van der Waals surface area contributed by atoms with E-state index in [2.05, 4.69) is 29.1 Å². The van der Waals surface area contributed by atoms with Gasteiger partial charge in [-0.2, -0.15) is 0 Å². The molecule has 23 heavy (non-hydrogen) atoms. The molecule has 0 fully saturated rings. The summed E-state index contributed by atoms with van der Waals surface area (Å²) in [6.07, 6.45) is 6.94. The van der Waals surface area contributed by atoms with Crippen LogP contribution in [-0.2, 0) is 6.42 Å². The summed E-state index contributed by atoms with van der Waals surface area (Å²) in [5, 5.41) is 3.21. The Morgan fingerprint density at radius 3 is 2.61 bits per heavy atom. The van der Waals surface area contributed by atoms with Crippen LogP contribution in [0.2, 0.25) is 0 Å². The van der Waals surface area contributed by atoms with Crippen LogP contribution in [0.4, 0.5) is 0 Å². The van der Waals surface area contributed by atoms with Gasteiger partial charge in [0.15, 0.2) is 0 Å². The Bertz CT molecular complexity index is 829. The lowest BCUT2D eigenvalue weighted by Crippen LogP contribution is -2.15. The molecule has 1 aromatic carbocycles. The molecular formula is C19H21N3O. The fraction of sp³-hybridized carbons (Fsp3) is 0.263. The first-order valence-corrected chi connectivity index (χ1v) is 8.02. The fourth-order valence-electron chi connectivity index (χ4n) is 2.69. The summed E-state index contributed by atoms with van der Waals surface area (Å²) in [4.78, 5) is 16.7. The summed E-state index contributed by atoms with van der Waals surface area (Å²) in [6.45, 7) is 4.03. The second-order valence-electron chi connectivity index (χ2n) is 5.76. The summed E-state index contributed by atoms with van der Waals surface area (Å²) >= 11 is 0. The Labute approximate surface area is 135 Å². The van der Waals surface area contributed by atoms with Gasteiger partial charge in [-0.15, -0.1) is 0 Å². The number of aromatic amines is 1. The Kier molecular flexibility index (Phi) is 4.42. The third-order valence-electron chi connectivity index (χ3n) is 4.09. The Morgan fingerprint density at radius 2 is 1.96 bits per heavy atom. The molecule has 0 saturated heterocycles. The molecule has 0 aliphatic rings. The van der Waals surface area contributed by atoms with Crippen molar-refractivity contribution in [3.05, 3.63) is 70.3 Å². The molecule has 0 atom stereocenters. The van der Waals surface area contributed by atoms with Gasteiger partial charge in [0, 0.05) is 23.5 Å². The number of H-pyrrole nitrogens is 1. The van der Waals surface area contributed by atoms with Gasteiger partial charge in [-0.25, -0.2) is 4.68 Å². The molecule has 0 aliphatic heterocycles. The van der Waals surface area contributed by atoms with Crippen molar-refractivity contribution in [3.8, 4) is 16.9 Å². The highest BCUT2D eigenvalue weighted by atomic mass is 16.1. The zero-order valence-corrected chi connectivity index (χ0v) is 13.5. The fourth-order valence-corrected chi connectivity index (χ4v) is 2.69. The highest BCUT2D eigenvalue weighted by Gasteiger charge is 2.13. The van der Waals surface area contributed by atoms with Crippen LogP contribution < -0.4 is 5.56 Å². The van der Waals surface area contributed by atoms with Crippen molar-refractivity contribution in [3.63, 3.8) is 0 Å². The zero-order valence-electron chi connectivity index (χ0n) is 13.5. The molecule has 4 nitrogen and oxygen atoms in total. The second kappa shape index (κ2) is 6.65. The number of nitrogens with one attached hydrogen (secondary N) is 1. The van der Waals surface area contributed by atoms with Crippen LogP contribution in [0.25, 0.3) is 16.9 Å². The van der Waals surface area contributed by atoms with Crippen LogP contribution >= 0.6 is 0 Å². The van der Waals surface area contributed by atoms with Crippen LogP contribution in [0.5, 0.6) is 0 Å². The van der Waals surface area contributed by atoms with Crippen molar-refractivity contribution >= 4 is 0 Å². The summed E-state index contributed by atoms with van der Waals surface area (Å²) < 4.78 is 1.60. The molecule has 3 rings (SSSR count). The van der Waals surface area contributed by atoms with E-state index in [1.807, 2.05) is 31.2 Å². The molecule has 4 heteroatoms. The van der Waals surface area contributed by atoms with E-state index in [9.17, 15) is 4.79 Å². The summed E-state index contributed by atoms with van der Waals surface area (Å²) in [7, 11) is 0. The number of aromatic nitrogens is 3. The number of hydrogen-bond donors (Lipinski definition) is 1. The van der Waals surface area contributed by atoms with Gasteiger partial charge in [-0.1, -0.05) is 25.5 Å². The lowest BCUT2D eigenvalue weighted by molar-refractivity contribution is 0.793. The molecule has 3 aromatic rings. The third-order valence-corrected chi connectivity index (χ3v) is 4.09. The normalized spacial score (nSPS) is 10.9. The van der Waals surface area contributed by atoms with E-state index < -0.39 is 0 Å². The van der Waals surface area contributed by atoms with E-state index >= 15 is 0 Å². The van der Waals surface area contributed by atoms with E-state index in [0.717, 1.165) is 23.4 Å². The smallest absolute Gasteiger partial charge is 0.274 e. The molecule has 2 heterocycles. The van der Waals surface area contributed by atoms with E-state index in [4.69, 9.17) is 0 Å². The van der Waals surface area contributed by atoms with E-state index in [1.165, 1.54) is 18.4 Å². The largest absolute Gasteiger partial charge is 0.290 e. The summed E-state index contributed by atoms with van der Waals surface area (Å²) in [5.41, 5.74) is 4.57. The number of aryl methyl sites for hydroxylation is 1. The molecule has 0 amide bonds. The molecule has 118 valence electrons. The van der Waals surface area contributed by atoms with Crippen molar-refractivity contribution in [2.45, 2.75) is 33.1 Å². The quantitative estimate of drug-likeness (QED) is 0.777. The van der Waals surface area contributed by atoms with Crippen molar-refractivity contribution in [2.75, 3.05) is 0 Å². The molecule has 0 unspecified atom stereocenters. The highest BCUT2D eigenvalue weighted by molar-refractivity contribution is 5.61. The molecule has 1 N–H and O–H groups in total. The van der Waals surface area contributed by atoms with Gasteiger partial charge in [0.25, 0.3) is 5.56 Å². The minimum Gasteiger partial charge on any atom is -0.290 e. The molecule has 2 aromatic heterocycles. The van der Waals surface area contributed by atoms with Crippen molar-refractivity contribution in [1.29, 1.82) is 0 Å². The lowest BCUT2D eigenvalue weighted by atomic mass is 10.1. The number of pyridine rings is 1. The second-order valence-corrected chi connectivity index (χ2v) is 5.76. The Hall–Kier alpha value is -2.62. The first-order valence-electron chi connectivity index (χ1n) is 8.02. The summed E-state index contributed by atoms with van der Waals surface area (Å²) in [6, 6.07) is 12.0. The average molecular weight is 307 g/mol. The van der Waals surface area contributed by atoms with Crippen molar-refractivity contribution < 1.29 is 0 Å². The lowest BCUT2D eigenvalue weighted by Gasteiger charge is -2.04. The number of unbranched alkanes of at least 4 members (excludes halogenated alkanes) is 1. The zero-order chi connectivity index (χ0) is 16.2. The van der Waals surface area contributed by atoms with Crippen LogP contribution in [0.15, 0.2) is 53.6 Å². The molecule has 0 bridgehead atoms. The predicted octanol–water partition coefficient (Wildman–Crippen LogP) is 3.88. The topological polar surface area (TPSA) is 50.7 Å². The summed E-state index contributed by atoms with van der Waals surface area (Å²) in [5.74, 6) is 0. The minimum absolute atomic E-state index is 0.0230. The van der Waals surface area contributed by atoms with Gasteiger partial charge in [-0.05, 0) is 49.6 Å². The maximum Gasteiger partial charge on any atom is 0.274 e. The van der Waals surface area contributed by atoms with Crippen molar-refractivity contribution in [1.82, 2.24) is 14.8 Å². The van der Waals surface area contributed by atoms with E-state index in [1.54, 1.807) is 17.1 Å². The average Bonchev–Trinajstić information content (AvgIpc) is 2.90. The first kappa shape index (κ1) is 15.3. The highest BCUT2D eigenvalue weighted by Crippen LogP contribution is 2.19. The van der Waals surface area contributed by atoms with Gasteiger partial charge in [-0.3, -0.25) is 14.9 Å². The van der Waals surface area contributed by atoms with Gasteiger partial charge >= 0.3 is 0 Å². The van der Waals surface area contributed by atoms with Crippen LogP contribution in [0.1, 0.15) is 30.9 Å². The van der Waals surface area contributed by atoms with Crippen molar-refractivity contribution in [2.24, 2.45) is 0 Å². The molecular weight excluding hydrogens is 286 g/mol. The van der Waals surface area contributed by atoms with Crippen LogP contribution in [0, 0.1) is 6.92 Å². The van der Waals surface area contributed by atoms with Crippen LogP contribution in [0.3, 0.4) is 0 Å². The molecule has 0 aliphatic carbocycles. The Balaban J connectivity index is 1.96. The SMILES string of the molecule is CCCCc1ccc(-n2[nH]c(-c3cccnc3)c(C)c2=O)cc1. The van der Waals surface area contributed by atoms with Gasteiger partial charge in [0.2, 0.25) is 0 Å². The molecule has 0 radical (unpaired) electrons. The third kappa shape index (κ3) is 3.11. The number of nitrogens with zero attached hydrogens (tertiary/aromatic N) is 2. The predicted molar refractivity (Wildman–Crippen MR) is 93.0 cm³/mol. The number of benzene rings is 1. The first-order chi connectivity index (χ1) is 11.2. The number of rotatable bonds is 5. The maximum atomic E-state index is 12.5. The maximum absolute atomic E-state index is 12.5. The van der Waals surface area contributed by atoms with E-state index in [-0.39, 0.29) is 5.56 Å².